The van der Waals surface area contributed by atoms with Gasteiger partial charge in [-0.05, 0) is 54.7 Å². The van der Waals surface area contributed by atoms with E-state index in [1.54, 1.807) is 28.4 Å². The first kappa shape index (κ1) is 21.8. The van der Waals surface area contributed by atoms with Crippen LogP contribution in [-0.2, 0) is 11.8 Å². The summed E-state index contributed by atoms with van der Waals surface area (Å²) in [4.78, 5) is 0. The van der Waals surface area contributed by atoms with E-state index in [0.29, 0.717) is 6.04 Å². The lowest BCUT2D eigenvalue weighted by atomic mass is 9.65. The van der Waals surface area contributed by atoms with E-state index >= 15 is 0 Å². The van der Waals surface area contributed by atoms with E-state index < -0.39 is 0 Å². The monoisotopic (exact) mass is 426 g/mol. The van der Waals surface area contributed by atoms with Gasteiger partial charge >= 0.3 is 0 Å². The molecule has 4 rings (SSSR count). The highest BCUT2D eigenvalue weighted by Crippen LogP contribution is 2.47. The summed E-state index contributed by atoms with van der Waals surface area (Å²) in [5.74, 6) is 3.25. The van der Waals surface area contributed by atoms with Gasteiger partial charge < -0.3 is 24.3 Å². The fraction of sp³-hybridized carbons (Fsp3) is 0.538. The predicted octanol–water partition coefficient (Wildman–Crippen LogP) is 4.17. The van der Waals surface area contributed by atoms with Crippen molar-refractivity contribution in [1.29, 1.82) is 0 Å². The number of methoxy groups -OCH3 is 4. The zero-order chi connectivity index (χ0) is 21.8. The Morgan fingerprint density at radius 2 is 1.45 bits per heavy atom. The van der Waals surface area contributed by atoms with Gasteiger partial charge in [0.15, 0.2) is 23.0 Å². The van der Waals surface area contributed by atoms with Crippen molar-refractivity contribution in [2.45, 2.75) is 56.4 Å². The molecular weight excluding hydrogens is 390 g/mol. The van der Waals surface area contributed by atoms with Crippen LogP contribution in [0.3, 0.4) is 0 Å². The van der Waals surface area contributed by atoms with E-state index in [1.165, 1.54) is 48.8 Å². The van der Waals surface area contributed by atoms with Crippen LogP contribution in [0, 0.1) is 0 Å². The van der Waals surface area contributed by atoms with Crippen LogP contribution in [0.25, 0.3) is 0 Å². The number of ether oxygens (including phenoxy) is 4. The minimum atomic E-state index is 0.271. The minimum Gasteiger partial charge on any atom is -0.493 e. The molecule has 0 unspecified atom stereocenters. The third-order valence-corrected chi connectivity index (χ3v) is 7.32. The number of rotatable bonds is 7. The smallest absolute Gasteiger partial charge is 0.161 e. The van der Waals surface area contributed by atoms with E-state index in [4.69, 9.17) is 18.9 Å². The highest BCUT2D eigenvalue weighted by molar-refractivity contribution is 5.52. The van der Waals surface area contributed by atoms with Gasteiger partial charge in [0.1, 0.15) is 6.04 Å². The fourth-order valence-corrected chi connectivity index (χ4v) is 5.60. The van der Waals surface area contributed by atoms with Crippen molar-refractivity contribution in [3.8, 4) is 23.0 Å². The van der Waals surface area contributed by atoms with Gasteiger partial charge in [-0.3, -0.25) is 0 Å². The minimum absolute atomic E-state index is 0.271. The maximum absolute atomic E-state index is 5.69. The molecule has 0 amide bonds. The number of aryl methyl sites for hydroxylation is 1. The van der Waals surface area contributed by atoms with Crippen LogP contribution in [0.5, 0.6) is 23.0 Å². The Morgan fingerprint density at radius 1 is 0.806 bits per heavy atom. The lowest BCUT2D eigenvalue weighted by molar-refractivity contribution is -0.708. The summed E-state index contributed by atoms with van der Waals surface area (Å²) in [5, 5.41) is 2.57. The molecule has 1 saturated carbocycles. The number of quaternary nitrogens is 1. The van der Waals surface area contributed by atoms with Crippen LogP contribution in [-0.4, -0.2) is 35.0 Å². The average molecular weight is 427 g/mol. The van der Waals surface area contributed by atoms with Crippen molar-refractivity contribution in [3.63, 3.8) is 0 Å². The van der Waals surface area contributed by atoms with Crippen LogP contribution in [0.1, 0.15) is 61.3 Å². The van der Waals surface area contributed by atoms with Crippen molar-refractivity contribution in [2.75, 3.05) is 35.0 Å². The summed E-state index contributed by atoms with van der Waals surface area (Å²) in [6.07, 6.45) is 8.59. The molecule has 5 heteroatoms. The molecule has 1 fully saturated rings. The second-order valence-corrected chi connectivity index (χ2v) is 8.91. The summed E-state index contributed by atoms with van der Waals surface area (Å²) in [6, 6.07) is 11.2. The molecule has 2 aromatic rings. The molecule has 1 aliphatic heterocycles. The van der Waals surface area contributed by atoms with Gasteiger partial charge in [-0.25, -0.2) is 0 Å². The summed E-state index contributed by atoms with van der Waals surface area (Å²) < 4.78 is 22.2. The SMILES string of the molecule is COc1ccc(CC[C@H]2[NH2+]CC3(CCCCC3)c3cc(OC)c(OC)cc32)cc1OC. The Hall–Kier alpha value is -2.40. The van der Waals surface area contributed by atoms with Crippen molar-refractivity contribution in [1.82, 2.24) is 0 Å². The second-order valence-electron chi connectivity index (χ2n) is 8.91. The van der Waals surface area contributed by atoms with Gasteiger partial charge in [-0.15, -0.1) is 0 Å². The molecule has 5 nitrogen and oxygen atoms in total. The summed E-state index contributed by atoms with van der Waals surface area (Å²) >= 11 is 0. The molecule has 1 spiro atoms. The topological polar surface area (TPSA) is 53.5 Å². The Labute approximate surface area is 186 Å². The lowest BCUT2D eigenvalue weighted by Gasteiger charge is -2.43. The second kappa shape index (κ2) is 9.39. The maximum Gasteiger partial charge on any atom is 0.161 e. The number of nitrogens with two attached hydrogens (primary N) is 1. The zero-order valence-electron chi connectivity index (χ0n) is 19.3. The van der Waals surface area contributed by atoms with Crippen molar-refractivity contribution < 1.29 is 24.3 Å². The summed E-state index contributed by atoms with van der Waals surface area (Å²) in [5.41, 5.74) is 4.45. The molecular formula is C26H36NO4+. The number of benzene rings is 2. The van der Waals surface area contributed by atoms with Crippen LogP contribution in [0.4, 0.5) is 0 Å². The van der Waals surface area contributed by atoms with Crippen LogP contribution < -0.4 is 24.3 Å². The highest BCUT2D eigenvalue weighted by Gasteiger charge is 2.43. The molecule has 0 bridgehead atoms. The van der Waals surface area contributed by atoms with Gasteiger partial charge in [0.05, 0.1) is 35.0 Å². The lowest BCUT2D eigenvalue weighted by Crippen LogP contribution is -2.90. The first-order valence-electron chi connectivity index (χ1n) is 11.4. The standard InChI is InChI=1S/C26H35NO4/c1-28-22-11-9-18(14-23(22)29-2)8-10-21-19-15-24(30-3)25(31-4)16-20(19)26(17-27-21)12-6-5-7-13-26/h9,11,14-16,21,27H,5-8,10,12-13,17H2,1-4H3/p+1/t21-/m1/s1. The molecule has 1 heterocycles. The molecule has 1 aliphatic carbocycles. The molecule has 1 atom stereocenters. The quantitative estimate of drug-likeness (QED) is 0.722. The van der Waals surface area contributed by atoms with E-state index in [-0.39, 0.29) is 5.41 Å². The molecule has 31 heavy (non-hydrogen) atoms. The van der Waals surface area contributed by atoms with E-state index in [1.807, 2.05) is 6.07 Å². The Kier molecular flexibility index (Phi) is 6.61. The first-order valence-corrected chi connectivity index (χ1v) is 11.4. The molecule has 0 aromatic heterocycles. The predicted molar refractivity (Wildman–Crippen MR) is 122 cm³/mol. The molecule has 168 valence electrons. The molecule has 2 aliphatic rings. The van der Waals surface area contributed by atoms with Gasteiger partial charge in [-0.2, -0.15) is 0 Å². The average Bonchev–Trinajstić information content (AvgIpc) is 2.83. The van der Waals surface area contributed by atoms with Crippen molar-refractivity contribution in [2.24, 2.45) is 0 Å². The first-order chi connectivity index (χ1) is 15.1. The van der Waals surface area contributed by atoms with Gasteiger partial charge in [-0.1, -0.05) is 25.3 Å². The van der Waals surface area contributed by atoms with Crippen molar-refractivity contribution >= 4 is 0 Å². The molecule has 2 N–H and O–H groups in total. The van der Waals surface area contributed by atoms with E-state index in [0.717, 1.165) is 42.4 Å². The third kappa shape index (κ3) is 4.20. The third-order valence-electron chi connectivity index (χ3n) is 7.32. The Morgan fingerprint density at radius 3 is 2.13 bits per heavy atom. The summed E-state index contributed by atoms with van der Waals surface area (Å²) in [7, 11) is 6.83. The number of fused-ring (bicyclic) bond motifs is 2. The van der Waals surface area contributed by atoms with Crippen LogP contribution in [0.15, 0.2) is 30.3 Å². The molecule has 0 radical (unpaired) electrons. The maximum atomic E-state index is 5.69. The van der Waals surface area contributed by atoms with E-state index in [9.17, 15) is 0 Å². The van der Waals surface area contributed by atoms with E-state index in [2.05, 4.69) is 29.6 Å². The Balaban J connectivity index is 1.63. The Bertz CT molecular complexity index is 905. The van der Waals surface area contributed by atoms with Gasteiger partial charge in [0, 0.05) is 17.4 Å². The van der Waals surface area contributed by atoms with Gasteiger partial charge in [0.25, 0.3) is 0 Å². The number of hydrogen-bond donors (Lipinski definition) is 1. The molecule has 0 saturated heterocycles. The summed E-state index contributed by atoms with van der Waals surface area (Å²) in [6.45, 7) is 1.16. The normalized spacial score (nSPS) is 19.5. The van der Waals surface area contributed by atoms with Crippen molar-refractivity contribution in [3.05, 3.63) is 47.0 Å². The zero-order valence-corrected chi connectivity index (χ0v) is 19.3. The highest BCUT2D eigenvalue weighted by atomic mass is 16.5. The van der Waals surface area contributed by atoms with Crippen LogP contribution >= 0.6 is 0 Å². The molecule has 2 aromatic carbocycles. The fourth-order valence-electron chi connectivity index (χ4n) is 5.60. The number of hydrogen-bond acceptors (Lipinski definition) is 4. The van der Waals surface area contributed by atoms with Gasteiger partial charge in [0.2, 0.25) is 0 Å². The largest absolute Gasteiger partial charge is 0.493 e. The van der Waals surface area contributed by atoms with Crippen LogP contribution in [0.2, 0.25) is 0 Å².